The molecule has 152 valence electrons. The van der Waals surface area contributed by atoms with Crippen LogP contribution in [0, 0.1) is 5.82 Å². The Hall–Kier alpha value is -3.04. The van der Waals surface area contributed by atoms with Crippen LogP contribution in [0.5, 0.6) is 11.5 Å². The molecule has 2 aromatic carbocycles. The number of halogens is 1. The fourth-order valence-electron chi connectivity index (χ4n) is 2.69. The number of benzene rings is 2. The minimum Gasteiger partial charge on any atom is -0.497 e. The molecule has 0 bridgehead atoms. The largest absolute Gasteiger partial charge is 0.497 e. The number of carbonyl (C=O) groups is 1. The summed E-state index contributed by atoms with van der Waals surface area (Å²) in [4.78, 5) is 14.3. The SMILES string of the molecule is COc1ccc(CN(C)Cc2nnc(C(=O)Nc3ccc(F)cc3)s2)c(OC)c1. The quantitative estimate of drug-likeness (QED) is 0.605. The first-order valence-corrected chi connectivity index (χ1v) is 9.59. The van der Waals surface area contributed by atoms with E-state index in [0.29, 0.717) is 23.8 Å². The van der Waals surface area contributed by atoms with Crippen molar-refractivity contribution in [2.24, 2.45) is 0 Å². The molecule has 0 aliphatic heterocycles. The number of carbonyl (C=O) groups excluding carboxylic acids is 1. The van der Waals surface area contributed by atoms with Gasteiger partial charge in [-0.2, -0.15) is 0 Å². The van der Waals surface area contributed by atoms with Crippen LogP contribution in [0.25, 0.3) is 0 Å². The molecule has 1 N–H and O–H groups in total. The fourth-order valence-corrected chi connectivity index (χ4v) is 3.50. The first-order valence-electron chi connectivity index (χ1n) is 8.77. The molecule has 0 unspecified atom stereocenters. The molecule has 3 aromatic rings. The normalized spacial score (nSPS) is 10.8. The molecule has 0 saturated carbocycles. The Kier molecular flexibility index (Phi) is 6.73. The van der Waals surface area contributed by atoms with Crippen LogP contribution < -0.4 is 14.8 Å². The second kappa shape index (κ2) is 9.44. The Balaban J connectivity index is 1.60. The highest BCUT2D eigenvalue weighted by atomic mass is 32.1. The first-order chi connectivity index (χ1) is 14.0. The summed E-state index contributed by atoms with van der Waals surface area (Å²) in [6.07, 6.45) is 0. The summed E-state index contributed by atoms with van der Waals surface area (Å²) in [5, 5.41) is 11.7. The van der Waals surface area contributed by atoms with Gasteiger partial charge in [0.1, 0.15) is 22.3 Å². The van der Waals surface area contributed by atoms with Gasteiger partial charge in [0.25, 0.3) is 5.91 Å². The summed E-state index contributed by atoms with van der Waals surface area (Å²) in [6, 6.07) is 11.2. The summed E-state index contributed by atoms with van der Waals surface area (Å²) < 4.78 is 23.6. The van der Waals surface area contributed by atoms with Crippen LogP contribution in [-0.4, -0.2) is 42.3 Å². The van der Waals surface area contributed by atoms with Gasteiger partial charge in [-0.15, -0.1) is 10.2 Å². The van der Waals surface area contributed by atoms with Crippen molar-refractivity contribution < 1.29 is 18.7 Å². The lowest BCUT2D eigenvalue weighted by molar-refractivity contribution is 0.102. The summed E-state index contributed by atoms with van der Waals surface area (Å²) in [5.41, 5.74) is 1.51. The van der Waals surface area contributed by atoms with Crippen LogP contribution in [0.4, 0.5) is 10.1 Å². The van der Waals surface area contributed by atoms with Crippen molar-refractivity contribution in [2.75, 3.05) is 26.6 Å². The third kappa shape index (κ3) is 5.49. The number of anilines is 1. The molecule has 3 rings (SSSR count). The third-order valence-electron chi connectivity index (χ3n) is 4.10. The Morgan fingerprint density at radius 1 is 1.10 bits per heavy atom. The summed E-state index contributed by atoms with van der Waals surface area (Å²) in [6.45, 7) is 1.15. The Morgan fingerprint density at radius 3 is 2.55 bits per heavy atom. The second-order valence-corrected chi connectivity index (χ2v) is 7.37. The van der Waals surface area contributed by atoms with E-state index in [4.69, 9.17) is 9.47 Å². The van der Waals surface area contributed by atoms with Gasteiger partial charge in [-0.1, -0.05) is 17.4 Å². The molecule has 0 spiro atoms. The molecule has 0 saturated heterocycles. The van der Waals surface area contributed by atoms with E-state index in [1.807, 2.05) is 30.1 Å². The number of rotatable bonds is 8. The zero-order valence-corrected chi connectivity index (χ0v) is 17.1. The summed E-state index contributed by atoms with van der Waals surface area (Å²) in [5.74, 6) is 0.736. The molecule has 0 fully saturated rings. The van der Waals surface area contributed by atoms with Crippen molar-refractivity contribution in [3.05, 3.63) is 63.9 Å². The topological polar surface area (TPSA) is 76.6 Å². The van der Waals surface area contributed by atoms with Gasteiger partial charge < -0.3 is 14.8 Å². The lowest BCUT2D eigenvalue weighted by atomic mass is 10.2. The standard InChI is InChI=1S/C20H21FN4O3S/c1-25(11-13-4-9-16(27-2)10-17(13)28-3)12-18-23-24-20(29-18)19(26)22-15-7-5-14(21)6-8-15/h4-10H,11-12H2,1-3H3,(H,22,26). The van der Waals surface area contributed by atoms with Crippen LogP contribution in [0.3, 0.4) is 0 Å². The highest BCUT2D eigenvalue weighted by Gasteiger charge is 2.15. The highest BCUT2D eigenvalue weighted by molar-refractivity contribution is 7.13. The Labute approximate surface area is 172 Å². The van der Waals surface area contributed by atoms with Crippen LogP contribution in [-0.2, 0) is 13.1 Å². The van der Waals surface area contributed by atoms with Crippen molar-refractivity contribution in [1.82, 2.24) is 15.1 Å². The number of nitrogens with zero attached hydrogens (tertiary/aromatic N) is 3. The van der Waals surface area contributed by atoms with E-state index in [9.17, 15) is 9.18 Å². The zero-order valence-electron chi connectivity index (χ0n) is 16.3. The van der Waals surface area contributed by atoms with Crippen molar-refractivity contribution in [3.63, 3.8) is 0 Å². The predicted molar refractivity (Wildman–Crippen MR) is 109 cm³/mol. The van der Waals surface area contributed by atoms with Gasteiger partial charge in [0.05, 0.1) is 20.8 Å². The molecule has 0 aliphatic carbocycles. The van der Waals surface area contributed by atoms with Gasteiger partial charge in [0.2, 0.25) is 5.01 Å². The van der Waals surface area contributed by atoms with E-state index < -0.39 is 0 Å². The van der Waals surface area contributed by atoms with E-state index >= 15 is 0 Å². The molecular formula is C20H21FN4O3S. The van der Waals surface area contributed by atoms with E-state index in [1.165, 1.54) is 35.6 Å². The molecule has 0 atom stereocenters. The molecule has 1 aromatic heterocycles. The second-order valence-electron chi connectivity index (χ2n) is 6.31. The monoisotopic (exact) mass is 416 g/mol. The van der Waals surface area contributed by atoms with Crippen LogP contribution >= 0.6 is 11.3 Å². The molecule has 1 heterocycles. The van der Waals surface area contributed by atoms with E-state index in [1.54, 1.807) is 14.2 Å². The number of aromatic nitrogens is 2. The number of amides is 1. The van der Waals surface area contributed by atoms with E-state index in [2.05, 4.69) is 15.5 Å². The van der Waals surface area contributed by atoms with Gasteiger partial charge in [0, 0.05) is 23.9 Å². The maximum absolute atomic E-state index is 13.0. The number of methoxy groups -OCH3 is 2. The average Bonchev–Trinajstić information content (AvgIpc) is 3.18. The molecular weight excluding hydrogens is 395 g/mol. The van der Waals surface area contributed by atoms with Crippen molar-refractivity contribution in [3.8, 4) is 11.5 Å². The minimum absolute atomic E-state index is 0.250. The minimum atomic E-state index is -0.375. The van der Waals surface area contributed by atoms with Crippen molar-refractivity contribution in [2.45, 2.75) is 13.1 Å². The van der Waals surface area contributed by atoms with E-state index in [0.717, 1.165) is 17.1 Å². The molecule has 9 heteroatoms. The number of hydrogen-bond donors (Lipinski definition) is 1. The maximum Gasteiger partial charge on any atom is 0.286 e. The van der Waals surface area contributed by atoms with Gasteiger partial charge in [-0.05, 0) is 37.4 Å². The lowest BCUT2D eigenvalue weighted by Crippen LogP contribution is -2.17. The van der Waals surface area contributed by atoms with Gasteiger partial charge in [0.15, 0.2) is 0 Å². The van der Waals surface area contributed by atoms with Gasteiger partial charge in [-0.25, -0.2) is 4.39 Å². The Bertz CT molecular complexity index is 978. The number of nitrogens with one attached hydrogen (secondary N) is 1. The van der Waals surface area contributed by atoms with Crippen LogP contribution in [0.2, 0.25) is 0 Å². The van der Waals surface area contributed by atoms with Crippen LogP contribution in [0.1, 0.15) is 20.4 Å². The Morgan fingerprint density at radius 2 is 1.86 bits per heavy atom. The smallest absolute Gasteiger partial charge is 0.286 e. The van der Waals surface area contributed by atoms with Crippen molar-refractivity contribution in [1.29, 1.82) is 0 Å². The van der Waals surface area contributed by atoms with Crippen molar-refractivity contribution >= 4 is 22.9 Å². The summed E-state index contributed by atoms with van der Waals surface area (Å²) >= 11 is 1.22. The van der Waals surface area contributed by atoms with Crippen LogP contribution in [0.15, 0.2) is 42.5 Å². The molecule has 7 nitrogen and oxygen atoms in total. The number of ether oxygens (including phenoxy) is 2. The maximum atomic E-state index is 13.0. The molecule has 29 heavy (non-hydrogen) atoms. The average molecular weight is 416 g/mol. The predicted octanol–water partition coefficient (Wildman–Crippen LogP) is 3.58. The molecule has 0 aliphatic rings. The van der Waals surface area contributed by atoms with Gasteiger partial charge in [-0.3, -0.25) is 9.69 Å². The summed E-state index contributed by atoms with van der Waals surface area (Å²) in [7, 11) is 5.18. The molecule has 1 amide bonds. The zero-order chi connectivity index (χ0) is 20.8. The highest BCUT2D eigenvalue weighted by Crippen LogP contribution is 2.26. The number of hydrogen-bond acceptors (Lipinski definition) is 7. The fraction of sp³-hybridized carbons (Fsp3) is 0.250. The van der Waals surface area contributed by atoms with Gasteiger partial charge >= 0.3 is 0 Å². The lowest BCUT2D eigenvalue weighted by Gasteiger charge is -2.17. The van der Waals surface area contributed by atoms with E-state index in [-0.39, 0.29) is 16.7 Å². The molecule has 0 radical (unpaired) electrons. The first kappa shape index (κ1) is 20.7. The third-order valence-corrected chi connectivity index (χ3v) is 5.01.